The van der Waals surface area contributed by atoms with E-state index in [-0.39, 0.29) is 11.4 Å². The normalized spacial score (nSPS) is 10.7. The van der Waals surface area contributed by atoms with Crippen molar-refractivity contribution in [1.82, 2.24) is 9.78 Å². The van der Waals surface area contributed by atoms with Crippen LogP contribution in [0.5, 0.6) is 0 Å². The summed E-state index contributed by atoms with van der Waals surface area (Å²) in [4.78, 5) is 12.0. The Hall–Kier alpha value is -2.51. The van der Waals surface area contributed by atoms with E-state index in [4.69, 9.17) is 5.73 Å². The number of aryl methyl sites for hydroxylation is 2. The van der Waals surface area contributed by atoms with Gasteiger partial charge < -0.3 is 11.1 Å². The number of benzene rings is 1. The lowest BCUT2D eigenvalue weighted by atomic mass is 10.2. The topological polar surface area (TPSA) is 72.9 Å². The van der Waals surface area contributed by atoms with Gasteiger partial charge in [0.25, 0.3) is 5.91 Å². The molecule has 1 aromatic heterocycles. The number of nitrogens with zero attached hydrogens (tertiary/aromatic N) is 2. The van der Waals surface area contributed by atoms with Crippen LogP contribution in [-0.2, 0) is 7.05 Å². The van der Waals surface area contributed by atoms with Crippen LogP contribution in [-0.4, -0.2) is 15.7 Å². The molecule has 2 aromatic rings. The maximum Gasteiger partial charge on any atom is 0.276 e. The third kappa shape index (κ3) is 2.31. The Morgan fingerprint density at radius 3 is 2.30 bits per heavy atom. The average Bonchev–Trinajstić information content (AvgIpc) is 2.58. The average molecular weight is 284 g/mol. The van der Waals surface area contributed by atoms with E-state index in [1.54, 1.807) is 6.92 Å². The third-order valence-corrected chi connectivity index (χ3v) is 2.73. The number of amides is 1. The van der Waals surface area contributed by atoms with E-state index in [1.807, 2.05) is 5.32 Å². The van der Waals surface area contributed by atoms with Gasteiger partial charge in [0, 0.05) is 19.2 Å². The van der Waals surface area contributed by atoms with Gasteiger partial charge in [-0.15, -0.1) is 0 Å². The fourth-order valence-corrected chi connectivity index (χ4v) is 1.78. The van der Waals surface area contributed by atoms with Crippen molar-refractivity contribution >= 4 is 17.3 Å². The molecule has 5 nitrogen and oxygen atoms in total. The van der Waals surface area contributed by atoms with Gasteiger partial charge in [0.05, 0.1) is 11.4 Å². The number of rotatable bonds is 2. The first-order chi connectivity index (χ1) is 9.31. The molecule has 1 amide bonds. The van der Waals surface area contributed by atoms with E-state index >= 15 is 0 Å². The van der Waals surface area contributed by atoms with Gasteiger partial charge in [-0.05, 0) is 6.92 Å². The first kappa shape index (κ1) is 13.9. The Balaban J connectivity index is 2.38. The highest BCUT2D eigenvalue weighted by atomic mass is 19.1. The van der Waals surface area contributed by atoms with Crippen LogP contribution < -0.4 is 11.1 Å². The minimum absolute atomic E-state index is 0.0365. The Morgan fingerprint density at radius 2 is 1.85 bits per heavy atom. The van der Waals surface area contributed by atoms with Crippen molar-refractivity contribution in [1.29, 1.82) is 0 Å². The fraction of sp³-hybridized carbons (Fsp3) is 0.167. The number of aromatic nitrogens is 2. The lowest BCUT2D eigenvalue weighted by molar-refractivity contribution is 0.101. The van der Waals surface area contributed by atoms with E-state index in [2.05, 4.69) is 5.10 Å². The van der Waals surface area contributed by atoms with Gasteiger partial charge in [0.2, 0.25) is 0 Å². The van der Waals surface area contributed by atoms with E-state index in [1.165, 1.54) is 11.7 Å². The first-order valence-electron chi connectivity index (χ1n) is 5.56. The number of hydrogen-bond donors (Lipinski definition) is 2. The highest BCUT2D eigenvalue weighted by Crippen LogP contribution is 2.22. The van der Waals surface area contributed by atoms with Crippen LogP contribution in [0.4, 0.5) is 24.5 Å². The molecule has 0 bridgehead atoms. The number of carbonyl (C=O) groups excluding carboxylic acids is 1. The van der Waals surface area contributed by atoms with E-state index < -0.39 is 29.0 Å². The summed E-state index contributed by atoms with van der Waals surface area (Å²) in [7, 11) is 1.47. The van der Waals surface area contributed by atoms with Crippen LogP contribution in [0.25, 0.3) is 0 Å². The Labute approximate surface area is 112 Å². The first-order valence-corrected chi connectivity index (χ1v) is 5.56. The van der Waals surface area contributed by atoms with Gasteiger partial charge in [-0.2, -0.15) is 5.10 Å². The molecule has 0 unspecified atom stereocenters. The van der Waals surface area contributed by atoms with Gasteiger partial charge in [0.15, 0.2) is 11.6 Å². The summed E-state index contributed by atoms with van der Waals surface area (Å²) in [5.74, 6) is -4.34. The van der Waals surface area contributed by atoms with Crippen molar-refractivity contribution in [3.05, 3.63) is 41.0 Å². The van der Waals surface area contributed by atoms with Crippen molar-refractivity contribution in [3.8, 4) is 0 Å². The lowest BCUT2D eigenvalue weighted by Crippen LogP contribution is -2.19. The summed E-state index contributed by atoms with van der Waals surface area (Å²) >= 11 is 0. The molecular weight excluding hydrogens is 273 g/mol. The van der Waals surface area contributed by atoms with Crippen molar-refractivity contribution in [2.45, 2.75) is 6.92 Å². The van der Waals surface area contributed by atoms with Crippen molar-refractivity contribution in [2.24, 2.45) is 7.05 Å². The summed E-state index contributed by atoms with van der Waals surface area (Å²) in [6.07, 6.45) is 0. The maximum atomic E-state index is 13.4. The van der Waals surface area contributed by atoms with Crippen LogP contribution in [0.1, 0.15) is 16.2 Å². The summed E-state index contributed by atoms with van der Waals surface area (Å²) in [6.45, 7) is 1.59. The number of nitrogens with one attached hydrogen (secondary N) is 1. The van der Waals surface area contributed by atoms with Crippen LogP contribution in [0.2, 0.25) is 0 Å². The van der Waals surface area contributed by atoms with E-state index in [0.29, 0.717) is 17.8 Å². The predicted octanol–water partition coefficient (Wildman–Crippen LogP) is 1.98. The molecule has 8 heteroatoms. The summed E-state index contributed by atoms with van der Waals surface area (Å²) in [5, 5.41) is 5.94. The molecule has 0 saturated heterocycles. The Bertz CT molecular complexity index is 673. The van der Waals surface area contributed by atoms with E-state index in [0.717, 1.165) is 0 Å². The predicted molar refractivity (Wildman–Crippen MR) is 66.6 cm³/mol. The molecular formula is C12H11F3N4O. The Morgan fingerprint density at radius 1 is 1.30 bits per heavy atom. The van der Waals surface area contributed by atoms with Crippen LogP contribution in [0.3, 0.4) is 0 Å². The molecule has 0 aliphatic carbocycles. The standard InChI is InChI=1S/C12H11F3N4O/c1-5-9(16)11(19(2)18-5)12(20)17-10-7(14)3-6(13)4-8(10)15/h3-4H,16H2,1-2H3,(H,17,20). The van der Waals surface area contributed by atoms with Crippen LogP contribution >= 0.6 is 0 Å². The minimum atomic E-state index is -1.21. The summed E-state index contributed by atoms with van der Waals surface area (Å²) in [5.41, 5.74) is 5.41. The monoisotopic (exact) mass is 284 g/mol. The molecule has 1 aromatic carbocycles. The largest absolute Gasteiger partial charge is 0.395 e. The third-order valence-electron chi connectivity index (χ3n) is 2.73. The second-order valence-corrected chi connectivity index (χ2v) is 4.17. The number of anilines is 2. The molecule has 3 N–H and O–H groups in total. The number of nitrogens with two attached hydrogens (primary N) is 1. The van der Waals surface area contributed by atoms with Crippen molar-refractivity contribution in [3.63, 3.8) is 0 Å². The summed E-state index contributed by atoms with van der Waals surface area (Å²) in [6, 6.07) is 0.938. The van der Waals surface area contributed by atoms with Gasteiger partial charge >= 0.3 is 0 Å². The fourth-order valence-electron chi connectivity index (χ4n) is 1.78. The molecule has 2 rings (SSSR count). The number of halogens is 3. The quantitative estimate of drug-likeness (QED) is 0.885. The molecule has 0 spiro atoms. The molecule has 0 saturated carbocycles. The molecule has 106 valence electrons. The van der Waals surface area contributed by atoms with Crippen LogP contribution in [0.15, 0.2) is 12.1 Å². The molecule has 0 atom stereocenters. The highest BCUT2D eigenvalue weighted by Gasteiger charge is 2.21. The van der Waals surface area contributed by atoms with Gasteiger partial charge in [-0.25, -0.2) is 13.2 Å². The van der Waals surface area contributed by atoms with Crippen molar-refractivity contribution in [2.75, 3.05) is 11.1 Å². The lowest BCUT2D eigenvalue weighted by Gasteiger charge is -2.08. The summed E-state index contributed by atoms with van der Waals surface area (Å²) < 4.78 is 40.9. The van der Waals surface area contributed by atoms with Gasteiger partial charge in [-0.1, -0.05) is 0 Å². The molecule has 0 aliphatic rings. The zero-order valence-electron chi connectivity index (χ0n) is 10.7. The maximum absolute atomic E-state index is 13.4. The number of nitrogen functional groups attached to an aromatic ring is 1. The molecule has 0 radical (unpaired) electrons. The zero-order valence-corrected chi connectivity index (χ0v) is 10.7. The van der Waals surface area contributed by atoms with Gasteiger partial charge in [-0.3, -0.25) is 9.48 Å². The molecule has 0 fully saturated rings. The zero-order chi connectivity index (χ0) is 15.0. The Kier molecular flexibility index (Phi) is 3.39. The van der Waals surface area contributed by atoms with Gasteiger partial charge in [0.1, 0.15) is 17.2 Å². The molecule has 20 heavy (non-hydrogen) atoms. The van der Waals surface area contributed by atoms with Crippen LogP contribution in [0, 0.1) is 24.4 Å². The number of hydrogen-bond acceptors (Lipinski definition) is 3. The minimum Gasteiger partial charge on any atom is -0.395 e. The van der Waals surface area contributed by atoms with E-state index in [9.17, 15) is 18.0 Å². The molecule has 1 heterocycles. The SMILES string of the molecule is Cc1nn(C)c(C(=O)Nc2c(F)cc(F)cc2F)c1N. The smallest absolute Gasteiger partial charge is 0.276 e. The van der Waals surface area contributed by atoms with Crippen molar-refractivity contribution < 1.29 is 18.0 Å². The molecule has 0 aliphatic heterocycles. The highest BCUT2D eigenvalue weighted by molar-refractivity contribution is 6.06. The number of carbonyl (C=O) groups is 1. The second kappa shape index (κ2) is 4.87. The second-order valence-electron chi connectivity index (χ2n) is 4.17.